The normalized spacial score (nSPS) is 17.3. The van der Waals surface area contributed by atoms with Gasteiger partial charge in [0.05, 0.1) is 23.9 Å². The molecule has 1 saturated heterocycles. The minimum atomic E-state index is -0.529. The lowest BCUT2D eigenvalue weighted by Gasteiger charge is -2.34. The number of rotatable bonds is 3. The van der Waals surface area contributed by atoms with E-state index in [1.807, 2.05) is 51.1 Å². The number of aromatic hydroxyl groups is 1. The number of carbonyl (C=O) groups is 1. The van der Waals surface area contributed by atoms with Gasteiger partial charge in [-0.05, 0) is 57.7 Å². The molecule has 1 fully saturated rings. The Hall–Kier alpha value is -3.81. The highest BCUT2D eigenvalue weighted by Crippen LogP contribution is 2.45. The molecule has 1 N–H and O–H groups in total. The van der Waals surface area contributed by atoms with Crippen LogP contribution < -0.4 is 4.74 Å². The summed E-state index contributed by atoms with van der Waals surface area (Å²) in [5, 5.41) is 20.0. The van der Waals surface area contributed by atoms with Gasteiger partial charge >= 0.3 is 6.09 Å². The number of hydrogen-bond acceptors (Lipinski definition) is 7. The van der Waals surface area contributed by atoms with Crippen molar-refractivity contribution in [2.24, 2.45) is 10.2 Å². The summed E-state index contributed by atoms with van der Waals surface area (Å²) in [7, 11) is 1.63. The molecule has 5 rings (SSSR count). The third-order valence-electron chi connectivity index (χ3n) is 6.34. The standard InChI is InChI=1S/C27H29N3O5/c1-27(2,3)35-26(32)30-13-11-16(12-14-30)23-21(33-4)10-9-18-24(31)22(34-25(18)23)15-20-17-7-5-6-8-19(17)28-29-20/h5-10,15-16,31H,11-14H2,1-4H3. The molecule has 1 amide bonds. The third-order valence-corrected chi connectivity index (χ3v) is 6.34. The van der Waals surface area contributed by atoms with E-state index in [4.69, 9.17) is 13.9 Å². The number of amides is 1. The van der Waals surface area contributed by atoms with E-state index in [2.05, 4.69) is 10.2 Å². The lowest BCUT2D eigenvalue weighted by atomic mass is 9.88. The van der Waals surface area contributed by atoms with E-state index < -0.39 is 5.60 Å². The van der Waals surface area contributed by atoms with Gasteiger partial charge in [-0.15, -0.1) is 10.2 Å². The zero-order chi connectivity index (χ0) is 24.7. The predicted octanol–water partition coefficient (Wildman–Crippen LogP) is 6.86. The van der Waals surface area contributed by atoms with Crippen LogP contribution in [0.4, 0.5) is 10.5 Å². The Kier molecular flexibility index (Phi) is 5.75. The van der Waals surface area contributed by atoms with Gasteiger partial charge in [0.25, 0.3) is 0 Å². The summed E-state index contributed by atoms with van der Waals surface area (Å²) < 4.78 is 17.4. The van der Waals surface area contributed by atoms with Crippen molar-refractivity contribution in [3.8, 4) is 11.5 Å². The number of methoxy groups -OCH3 is 1. The van der Waals surface area contributed by atoms with E-state index in [1.54, 1.807) is 24.2 Å². The molecular formula is C27H29N3O5. The van der Waals surface area contributed by atoms with Crippen LogP contribution in [-0.2, 0) is 4.74 Å². The molecule has 1 aromatic heterocycles. The average Bonchev–Trinajstić information content (AvgIpc) is 3.38. The number of piperidine rings is 1. The Bertz CT molecular complexity index is 1340. The summed E-state index contributed by atoms with van der Waals surface area (Å²) in [4.78, 5) is 14.2. The van der Waals surface area contributed by atoms with E-state index in [1.165, 1.54) is 0 Å². The summed E-state index contributed by atoms with van der Waals surface area (Å²) in [5.41, 5.74) is 3.27. The van der Waals surface area contributed by atoms with Crippen LogP contribution in [0.25, 0.3) is 22.7 Å². The van der Waals surface area contributed by atoms with Crippen molar-refractivity contribution >= 4 is 34.5 Å². The largest absolute Gasteiger partial charge is 0.504 e. The van der Waals surface area contributed by atoms with Crippen LogP contribution in [0.5, 0.6) is 11.5 Å². The molecule has 0 unspecified atom stereocenters. The molecule has 0 aliphatic carbocycles. The van der Waals surface area contributed by atoms with Crippen molar-refractivity contribution in [3.05, 3.63) is 53.3 Å². The van der Waals surface area contributed by atoms with Gasteiger partial charge in [0.1, 0.15) is 16.9 Å². The number of likely N-dealkylation sites (tertiary alicyclic amines) is 1. The number of furan rings is 1. The van der Waals surface area contributed by atoms with Crippen molar-refractivity contribution in [3.63, 3.8) is 0 Å². The van der Waals surface area contributed by atoms with Gasteiger partial charge in [-0.25, -0.2) is 4.79 Å². The van der Waals surface area contributed by atoms with E-state index in [9.17, 15) is 9.90 Å². The van der Waals surface area contributed by atoms with Crippen LogP contribution in [0.15, 0.2) is 51.0 Å². The molecule has 3 aromatic rings. The fraction of sp³-hybridized carbons (Fsp3) is 0.370. The van der Waals surface area contributed by atoms with Gasteiger partial charge in [-0.1, -0.05) is 18.2 Å². The molecular weight excluding hydrogens is 446 g/mol. The molecule has 35 heavy (non-hydrogen) atoms. The molecule has 3 heterocycles. The second-order valence-electron chi connectivity index (χ2n) is 9.86. The second-order valence-corrected chi connectivity index (χ2v) is 9.86. The quantitative estimate of drug-likeness (QED) is 0.446. The highest BCUT2D eigenvalue weighted by Gasteiger charge is 2.31. The smallest absolute Gasteiger partial charge is 0.410 e. The molecule has 8 nitrogen and oxygen atoms in total. The van der Waals surface area contributed by atoms with Crippen LogP contribution in [0.2, 0.25) is 0 Å². The SMILES string of the molecule is COc1ccc2c(O)c(C=C3N=Nc4ccccc43)oc2c1C1CCN(C(=O)OC(C)(C)C)CC1. The third kappa shape index (κ3) is 4.36. The number of azo groups is 1. The maximum atomic E-state index is 12.5. The molecule has 2 aliphatic heterocycles. The fourth-order valence-corrected chi connectivity index (χ4v) is 4.68. The summed E-state index contributed by atoms with van der Waals surface area (Å²) in [6.45, 7) is 6.74. The molecule has 0 spiro atoms. The van der Waals surface area contributed by atoms with Gasteiger partial charge < -0.3 is 23.9 Å². The molecule has 0 bridgehead atoms. The van der Waals surface area contributed by atoms with E-state index >= 15 is 0 Å². The highest BCUT2D eigenvalue weighted by atomic mass is 16.6. The maximum Gasteiger partial charge on any atom is 0.410 e. The maximum absolute atomic E-state index is 12.5. The topological polar surface area (TPSA) is 96.9 Å². The summed E-state index contributed by atoms with van der Waals surface area (Å²) in [6, 6.07) is 11.3. The highest BCUT2D eigenvalue weighted by molar-refractivity contribution is 5.95. The van der Waals surface area contributed by atoms with Gasteiger partial charge in [-0.3, -0.25) is 0 Å². The fourth-order valence-electron chi connectivity index (χ4n) is 4.68. The zero-order valence-electron chi connectivity index (χ0n) is 20.4. The number of ether oxygens (including phenoxy) is 2. The molecule has 2 aromatic carbocycles. The number of fused-ring (bicyclic) bond motifs is 2. The van der Waals surface area contributed by atoms with Gasteiger partial charge in [0.15, 0.2) is 11.5 Å². The van der Waals surface area contributed by atoms with Crippen LogP contribution in [-0.4, -0.2) is 41.9 Å². The van der Waals surface area contributed by atoms with Crippen LogP contribution >= 0.6 is 0 Å². The van der Waals surface area contributed by atoms with Crippen molar-refractivity contribution < 1.29 is 23.8 Å². The molecule has 0 saturated carbocycles. The Balaban J connectivity index is 1.46. The number of carbonyl (C=O) groups excluding carboxylic acids is 1. The summed E-state index contributed by atoms with van der Waals surface area (Å²) in [5.74, 6) is 1.19. The van der Waals surface area contributed by atoms with Crippen molar-refractivity contribution in [2.75, 3.05) is 20.2 Å². The lowest BCUT2D eigenvalue weighted by molar-refractivity contribution is 0.0204. The van der Waals surface area contributed by atoms with Gasteiger partial charge in [0, 0.05) is 30.3 Å². The Labute approximate surface area is 203 Å². The van der Waals surface area contributed by atoms with Crippen LogP contribution in [0, 0.1) is 0 Å². The first-order valence-corrected chi connectivity index (χ1v) is 11.8. The first-order chi connectivity index (χ1) is 16.7. The van der Waals surface area contributed by atoms with E-state index in [-0.39, 0.29) is 17.8 Å². The first kappa shape index (κ1) is 23.0. The monoisotopic (exact) mass is 475 g/mol. The van der Waals surface area contributed by atoms with Gasteiger partial charge in [-0.2, -0.15) is 0 Å². The summed E-state index contributed by atoms with van der Waals surface area (Å²) >= 11 is 0. The lowest BCUT2D eigenvalue weighted by Crippen LogP contribution is -2.41. The average molecular weight is 476 g/mol. The first-order valence-electron chi connectivity index (χ1n) is 11.8. The molecule has 8 heteroatoms. The second kappa shape index (κ2) is 8.76. The van der Waals surface area contributed by atoms with E-state index in [0.29, 0.717) is 41.3 Å². The predicted molar refractivity (Wildman–Crippen MR) is 133 cm³/mol. The Morgan fingerprint density at radius 1 is 1.14 bits per heavy atom. The van der Waals surface area contributed by atoms with Crippen molar-refractivity contribution in [1.82, 2.24) is 4.90 Å². The molecule has 182 valence electrons. The minimum Gasteiger partial charge on any atom is -0.504 e. The molecule has 2 aliphatic rings. The zero-order valence-corrected chi connectivity index (χ0v) is 20.4. The Morgan fingerprint density at radius 2 is 1.89 bits per heavy atom. The van der Waals surface area contributed by atoms with Gasteiger partial charge in [0.2, 0.25) is 0 Å². The Morgan fingerprint density at radius 3 is 2.60 bits per heavy atom. The molecule has 0 atom stereocenters. The van der Waals surface area contributed by atoms with Crippen molar-refractivity contribution in [1.29, 1.82) is 0 Å². The van der Waals surface area contributed by atoms with E-state index in [0.717, 1.165) is 29.7 Å². The summed E-state index contributed by atoms with van der Waals surface area (Å²) in [6.07, 6.45) is 2.88. The number of hydrogen-bond donors (Lipinski definition) is 1. The van der Waals surface area contributed by atoms with Crippen LogP contribution in [0.1, 0.15) is 56.4 Å². The molecule has 0 radical (unpaired) electrons. The number of nitrogens with zero attached hydrogens (tertiary/aromatic N) is 3. The minimum absolute atomic E-state index is 0.0576. The van der Waals surface area contributed by atoms with Crippen LogP contribution in [0.3, 0.4) is 0 Å². The van der Waals surface area contributed by atoms with Crippen molar-refractivity contribution in [2.45, 2.75) is 45.1 Å². The number of benzene rings is 2.